The molecular weight excluding hydrogens is 971 g/mol. The van der Waals surface area contributed by atoms with Gasteiger partial charge in [-0.2, -0.15) is 0 Å². The number of aliphatic hydroxyl groups is 2. The molecule has 3 N–H and O–H groups in total. The minimum atomic E-state index is -0.662. The quantitative estimate of drug-likeness (QED) is 0.0320. The van der Waals surface area contributed by atoms with Crippen LogP contribution in [0.25, 0.3) is 0 Å². The molecule has 0 radical (unpaired) electrons. The number of unbranched alkanes of at least 4 members (excludes halogenated alkanes) is 47. The van der Waals surface area contributed by atoms with Crippen molar-refractivity contribution < 1.29 is 24.5 Å². The van der Waals surface area contributed by atoms with Gasteiger partial charge in [0.05, 0.1) is 25.4 Å². The molecule has 2 unspecified atom stereocenters. The van der Waals surface area contributed by atoms with Crippen LogP contribution in [-0.4, -0.2) is 47.4 Å². The van der Waals surface area contributed by atoms with E-state index in [-0.39, 0.29) is 18.5 Å². The van der Waals surface area contributed by atoms with Gasteiger partial charge < -0.3 is 20.3 Å². The summed E-state index contributed by atoms with van der Waals surface area (Å²) < 4.78 is 5.48. The maximum atomic E-state index is 12.5. The lowest BCUT2D eigenvalue weighted by Crippen LogP contribution is -2.45. The highest BCUT2D eigenvalue weighted by Gasteiger charge is 2.20. The van der Waals surface area contributed by atoms with Gasteiger partial charge in [-0.3, -0.25) is 9.59 Å². The molecular formula is C73H137NO5. The van der Waals surface area contributed by atoms with Crippen molar-refractivity contribution in [1.82, 2.24) is 5.32 Å². The van der Waals surface area contributed by atoms with Gasteiger partial charge in [-0.15, -0.1) is 0 Å². The van der Waals surface area contributed by atoms with Crippen molar-refractivity contribution in [2.75, 3.05) is 13.2 Å². The van der Waals surface area contributed by atoms with E-state index in [4.69, 9.17) is 4.74 Å². The number of nitrogens with one attached hydrogen (secondary N) is 1. The molecule has 0 saturated carbocycles. The second-order valence-corrected chi connectivity index (χ2v) is 24.2. The number of carbonyl (C=O) groups excluding carboxylic acids is 2. The number of hydrogen-bond acceptors (Lipinski definition) is 5. The van der Waals surface area contributed by atoms with E-state index in [1.165, 1.54) is 289 Å². The van der Waals surface area contributed by atoms with Crippen LogP contribution in [0, 0.1) is 0 Å². The smallest absolute Gasteiger partial charge is 0.305 e. The van der Waals surface area contributed by atoms with E-state index < -0.39 is 12.1 Å². The van der Waals surface area contributed by atoms with Crippen LogP contribution < -0.4 is 5.32 Å². The van der Waals surface area contributed by atoms with Crippen molar-refractivity contribution in [3.8, 4) is 0 Å². The Labute approximate surface area is 493 Å². The third-order valence-electron chi connectivity index (χ3n) is 16.4. The number of allylic oxidation sites excluding steroid dienone is 8. The van der Waals surface area contributed by atoms with Crippen LogP contribution in [-0.2, 0) is 14.3 Å². The van der Waals surface area contributed by atoms with Crippen LogP contribution in [0.5, 0.6) is 0 Å². The summed E-state index contributed by atoms with van der Waals surface area (Å²) in [4.78, 5) is 24.5. The van der Waals surface area contributed by atoms with E-state index in [1.807, 2.05) is 0 Å². The first kappa shape index (κ1) is 76.8. The normalized spacial score (nSPS) is 12.8. The number of esters is 1. The van der Waals surface area contributed by atoms with Crippen LogP contribution in [0.1, 0.15) is 380 Å². The summed E-state index contributed by atoms with van der Waals surface area (Å²) in [6.45, 7) is 4.93. The number of amides is 1. The summed E-state index contributed by atoms with van der Waals surface area (Å²) in [6.07, 6.45) is 88.9. The second kappa shape index (κ2) is 68.3. The zero-order valence-corrected chi connectivity index (χ0v) is 53.1. The Morgan fingerprint density at radius 3 is 0.987 bits per heavy atom. The van der Waals surface area contributed by atoms with E-state index >= 15 is 0 Å². The van der Waals surface area contributed by atoms with Crippen molar-refractivity contribution in [2.45, 2.75) is 392 Å². The van der Waals surface area contributed by atoms with Gasteiger partial charge in [0.1, 0.15) is 0 Å². The van der Waals surface area contributed by atoms with Crippen molar-refractivity contribution in [2.24, 2.45) is 0 Å². The Hall–Kier alpha value is -2.18. The van der Waals surface area contributed by atoms with Gasteiger partial charge in [0.2, 0.25) is 5.91 Å². The average Bonchev–Trinajstić information content (AvgIpc) is 3.45. The van der Waals surface area contributed by atoms with Crippen molar-refractivity contribution in [3.05, 3.63) is 48.6 Å². The van der Waals surface area contributed by atoms with Gasteiger partial charge in [0.15, 0.2) is 0 Å². The molecule has 6 nitrogen and oxygen atoms in total. The van der Waals surface area contributed by atoms with Gasteiger partial charge in [0, 0.05) is 12.8 Å². The van der Waals surface area contributed by atoms with Crippen LogP contribution in [0.3, 0.4) is 0 Å². The molecule has 0 aliphatic heterocycles. The highest BCUT2D eigenvalue weighted by Crippen LogP contribution is 2.18. The molecule has 464 valence electrons. The van der Waals surface area contributed by atoms with Gasteiger partial charge >= 0.3 is 5.97 Å². The number of ether oxygens (including phenoxy) is 1. The SMILES string of the molecule is CCCCC/C=C\C/C=C\CCCCCCCC(=O)OCCCCCCCCCCCCC/C=C\C/C=C\CCCCCCCCCCCCCCCCCCCC(=O)NC(CO)C(O)CCCCCCCCCCCCCC. The fourth-order valence-electron chi connectivity index (χ4n) is 10.9. The number of rotatable bonds is 66. The molecule has 2 atom stereocenters. The van der Waals surface area contributed by atoms with E-state index in [0.717, 1.165) is 57.8 Å². The molecule has 0 spiro atoms. The summed E-state index contributed by atoms with van der Waals surface area (Å²) in [5.74, 6) is -0.0291. The zero-order valence-electron chi connectivity index (χ0n) is 53.1. The summed E-state index contributed by atoms with van der Waals surface area (Å²) in [5.41, 5.74) is 0. The number of hydrogen-bond donors (Lipinski definition) is 3. The van der Waals surface area contributed by atoms with Crippen molar-refractivity contribution >= 4 is 11.9 Å². The van der Waals surface area contributed by atoms with Gasteiger partial charge in [-0.1, -0.05) is 326 Å². The summed E-state index contributed by atoms with van der Waals surface area (Å²) >= 11 is 0. The van der Waals surface area contributed by atoms with E-state index in [0.29, 0.717) is 25.9 Å². The number of aliphatic hydroxyl groups excluding tert-OH is 2. The lowest BCUT2D eigenvalue weighted by molar-refractivity contribution is -0.143. The predicted octanol–water partition coefficient (Wildman–Crippen LogP) is 22.9. The maximum absolute atomic E-state index is 12.5. The Morgan fingerprint density at radius 1 is 0.354 bits per heavy atom. The van der Waals surface area contributed by atoms with Crippen LogP contribution in [0.15, 0.2) is 48.6 Å². The topological polar surface area (TPSA) is 95.9 Å². The summed E-state index contributed by atoms with van der Waals surface area (Å²) in [5, 5.41) is 23.3. The molecule has 0 aliphatic carbocycles. The Balaban J connectivity index is 3.36. The molecule has 0 aromatic carbocycles. The monoisotopic (exact) mass is 1110 g/mol. The minimum Gasteiger partial charge on any atom is -0.466 e. The largest absolute Gasteiger partial charge is 0.466 e. The molecule has 0 aliphatic rings. The third-order valence-corrected chi connectivity index (χ3v) is 16.4. The third kappa shape index (κ3) is 64.8. The molecule has 1 amide bonds. The Bertz CT molecular complexity index is 1320. The standard InChI is InChI=1S/C73H137NO5/c1-3-5-7-9-11-13-15-17-39-43-47-51-55-59-63-67-73(78)79-68-64-60-56-52-48-44-41-38-36-34-32-30-28-26-24-22-20-18-19-21-23-25-27-29-31-33-35-37-40-42-46-50-54-58-62-66-72(77)74-70(69-75)71(76)65-61-57-53-49-45-16-14-12-10-8-6-4-2/h11,13,17,20,22,26,28,39,70-71,75-76H,3-10,12,14-16,18-19,21,23-25,27,29-38,40-69H2,1-2H3,(H,74,77)/b13-11-,22-20-,28-26-,39-17-. The Kier molecular flexibility index (Phi) is 66.4. The predicted molar refractivity (Wildman–Crippen MR) is 347 cm³/mol. The first-order chi connectivity index (χ1) is 39.0. The molecule has 0 heterocycles. The lowest BCUT2D eigenvalue weighted by Gasteiger charge is -2.22. The molecule has 0 rings (SSSR count). The number of carbonyl (C=O) groups is 2. The highest BCUT2D eigenvalue weighted by molar-refractivity contribution is 5.76. The summed E-state index contributed by atoms with van der Waals surface area (Å²) in [7, 11) is 0. The fraction of sp³-hybridized carbons (Fsp3) is 0.863. The van der Waals surface area contributed by atoms with E-state index in [2.05, 4.69) is 67.8 Å². The molecule has 0 saturated heterocycles. The zero-order chi connectivity index (χ0) is 57.1. The lowest BCUT2D eigenvalue weighted by atomic mass is 10.0. The Morgan fingerprint density at radius 2 is 0.633 bits per heavy atom. The molecule has 6 heteroatoms. The second-order valence-electron chi connectivity index (χ2n) is 24.2. The molecule has 0 aromatic heterocycles. The first-order valence-electron chi connectivity index (χ1n) is 35.4. The maximum Gasteiger partial charge on any atom is 0.305 e. The van der Waals surface area contributed by atoms with E-state index in [9.17, 15) is 19.8 Å². The van der Waals surface area contributed by atoms with E-state index in [1.54, 1.807) is 0 Å². The average molecular weight is 1110 g/mol. The summed E-state index contributed by atoms with van der Waals surface area (Å²) in [6, 6.07) is -0.539. The fourth-order valence-corrected chi connectivity index (χ4v) is 10.9. The van der Waals surface area contributed by atoms with Gasteiger partial charge in [-0.05, 0) is 89.9 Å². The minimum absolute atomic E-state index is 0.00271. The molecule has 0 bridgehead atoms. The van der Waals surface area contributed by atoms with Gasteiger partial charge in [-0.25, -0.2) is 0 Å². The molecule has 0 aromatic rings. The first-order valence-corrected chi connectivity index (χ1v) is 35.4. The molecule has 79 heavy (non-hydrogen) atoms. The highest BCUT2D eigenvalue weighted by atomic mass is 16.5. The van der Waals surface area contributed by atoms with Crippen LogP contribution in [0.2, 0.25) is 0 Å². The van der Waals surface area contributed by atoms with Crippen LogP contribution in [0.4, 0.5) is 0 Å². The van der Waals surface area contributed by atoms with Crippen molar-refractivity contribution in [1.29, 1.82) is 0 Å². The van der Waals surface area contributed by atoms with Crippen molar-refractivity contribution in [3.63, 3.8) is 0 Å². The van der Waals surface area contributed by atoms with Crippen LogP contribution >= 0.6 is 0 Å². The van der Waals surface area contributed by atoms with Gasteiger partial charge in [0.25, 0.3) is 0 Å². The molecule has 0 fully saturated rings.